The number of amidine groups is 1. The van der Waals surface area contributed by atoms with Crippen LogP contribution in [0.2, 0.25) is 0 Å². The first-order valence-electron chi connectivity index (χ1n) is 12.4. The van der Waals surface area contributed by atoms with E-state index in [-0.39, 0.29) is 24.2 Å². The zero-order chi connectivity index (χ0) is 25.8. The maximum Gasteiger partial charge on any atom is 0.338 e. The Bertz CT molecular complexity index is 1130. The molecule has 1 amide bonds. The van der Waals surface area contributed by atoms with Crippen LogP contribution < -0.4 is 0 Å². The Labute approximate surface area is 216 Å². The number of rotatable bonds is 7. The maximum absolute atomic E-state index is 13.3. The van der Waals surface area contributed by atoms with Crippen molar-refractivity contribution in [3.63, 3.8) is 0 Å². The lowest BCUT2D eigenvalue weighted by Crippen LogP contribution is -2.42. The number of nitrogens with zero attached hydrogens (tertiary/aromatic N) is 3. The second-order valence-electron chi connectivity index (χ2n) is 9.10. The number of amides is 1. The van der Waals surface area contributed by atoms with Gasteiger partial charge >= 0.3 is 11.9 Å². The molecule has 1 aromatic carbocycles. The normalized spacial score (nSPS) is 20.1. The van der Waals surface area contributed by atoms with Gasteiger partial charge in [0.15, 0.2) is 5.17 Å². The molecule has 3 heterocycles. The Morgan fingerprint density at radius 3 is 2.56 bits per heavy atom. The van der Waals surface area contributed by atoms with E-state index in [1.54, 1.807) is 6.92 Å². The fourth-order valence-corrected chi connectivity index (χ4v) is 5.90. The number of likely N-dealkylation sites (tertiary alicyclic amines) is 1. The fourth-order valence-electron chi connectivity index (χ4n) is 4.96. The number of thioether (sulfide) groups is 1. The van der Waals surface area contributed by atoms with Gasteiger partial charge in [0.1, 0.15) is 0 Å². The summed E-state index contributed by atoms with van der Waals surface area (Å²) in [4.78, 5) is 47.0. The molecule has 8 nitrogen and oxygen atoms in total. The van der Waals surface area contributed by atoms with Crippen LogP contribution in [0.5, 0.6) is 0 Å². The molecule has 0 bridgehead atoms. The van der Waals surface area contributed by atoms with E-state index in [2.05, 4.69) is 6.07 Å². The average Bonchev–Trinajstić information content (AvgIpc) is 3.29. The van der Waals surface area contributed by atoms with Crippen LogP contribution >= 0.6 is 11.8 Å². The van der Waals surface area contributed by atoms with Gasteiger partial charge in [-0.15, -0.1) is 0 Å². The molecule has 0 aliphatic carbocycles. The maximum atomic E-state index is 13.3. The standard InChI is InChI=1S/C27H33N3O5S/c1-5-21-23(26(33)34-4)24(19-9-7-8-17(3)14-19)30-20(16-36-27(30)28-21)15-22(31)29-12-10-18(11-13-29)25(32)35-6-2/h7-9,14,16,18,24H,5-6,10-13,15H2,1-4H3. The van der Waals surface area contributed by atoms with Crippen molar-refractivity contribution in [1.29, 1.82) is 0 Å². The Morgan fingerprint density at radius 2 is 1.92 bits per heavy atom. The minimum Gasteiger partial charge on any atom is -0.466 e. The number of allylic oxidation sites excluding steroid dienone is 1. The molecule has 0 saturated carbocycles. The predicted octanol–water partition coefficient (Wildman–Crippen LogP) is 4.32. The van der Waals surface area contributed by atoms with Crippen LogP contribution in [0.25, 0.3) is 0 Å². The van der Waals surface area contributed by atoms with Gasteiger partial charge in [0.2, 0.25) is 5.91 Å². The Balaban J connectivity index is 1.57. The summed E-state index contributed by atoms with van der Waals surface area (Å²) in [6.45, 7) is 7.21. The molecule has 1 aromatic rings. The number of fused-ring (bicyclic) bond motifs is 1. The van der Waals surface area contributed by atoms with E-state index in [4.69, 9.17) is 14.5 Å². The monoisotopic (exact) mass is 511 g/mol. The molecule has 0 aromatic heterocycles. The molecule has 0 spiro atoms. The van der Waals surface area contributed by atoms with E-state index in [9.17, 15) is 14.4 Å². The highest BCUT2D eigenvalue weighted by Crippen LogP contribution is 2.45. The van der Waals surface area contributed by atoms with Crippen molar-refractivity contribution < 1.29 is 23.9 Å². The van der Waals surface area contributed by atoms with Crippen molar-refractivity contribution in [2.75, 3.05) is 26.8 Å². The Hall–Kier alpha value is -3.07. The van der Waals surface area contributed by atoms with Crippen molar-refractivity contribution in [1.82, 2.24) is 9.80 Å². The van der Waals surface area contributed by atoms with E-state index >= 15 is 0 Å². The first kappa shape index (κ1) is 26.0. The molecule has 1 unspecified atom stereocenters. The van der Waals surface area contributed by atoms with Gasteiger partial charge in [0.25, 0.3) is 0 Å². The molecule has 9 heteroatoms. The van der Waals surface area contributed by atoms with Gasteiger partial charge in [-0.2, -0.15) is 0 Å². The van der Waals surface area contributed by atoms with E-state index in [1.807, 2.05) is 47.3 Å². The molecule has 4 rings (SSSR count). The van der Waals surface area contributed by atoms with Crippen LogP contribution in [0.4, 0.5) is 0 Å². The van der Waals surface area contributed by atoms with E-state index in [0.717, 1.165) is 22.0 Å². The molecule has 3 aliphatic rings. The minimum atomic E-state index is -0.427. The number of hydrogen-bond donors (Lipinski definition) is 0. The SMILES string of the molecule is CCOC(=O)C1CCN(C(=O)CC2=CSC3=NC(CC)=C(C(=O)OC)C(c4cccc(C)c4)N23)CC1. The summed E-state index contributed by atoms with van der Waals surface area (Å²) in [7, 11) is 1.38. The van der Waals surface area contributed by atoms with Gasteiger partial charge < -0.3 is 19.3 Å². The van der Waals surface area contributed by atoms with E-state index in [0.29, 0.717) is 50.2 Å². The zero-order valence-corrected chi connectivity index (χ0v) is 22.1. The lowest BCUT2D eigenvalue weighted by atomic mass is 9.92. The van der Waals surface area contributed by atoms with E-state index < -0.39 is 12.0 Å². The van der Waals surface area contributed by atoms with Crippen molar-refractivity contribution in [3.05, 3.63) is 57.8 Å². The highest BCUT2D eigenvalue weighted by Gasteiger charge is 2.42. The van der Waals surface area contributed by atoms with E-state index in [1.165, 1.54) is 18.9 Å². The Kier molecular flexibility index (Phi) is 8.18. The number of esters is 2. The van der Waals surface area contributed by atoms with Crippen molar-refractivity contribution in [3.8, 4) is 0 Å². The molecule has 3 aliphatic heterocycles. The number of methoxy groups -OCH3 is 1. The molecule has 36 heavy (non-hydrogen) atoms. The van der Waals surface area contributed by atoms with Crippen LogP contribution in [0, 0.1) is 12.8 Å². The third kappa shape index (κ3) is 5.21. The highest BCUT2D eigenvalue weighted by atomic mass is 32.2. The summed E-state index contributed by atoms with van der Waals surface area (Å²) in [6.07, 6.45) is 1.99. The topological polar surface area (TPSA) is 88.5 Å². The number of aliphatic imine (C=N–C) groups is 1. The zero-order valence-electron chi connectivity index (χ0n) is 21.3. The van der Waals surface area contributed by atoms with Gasteiger partial charge in [-0.05, 0) is 44.1 Å². The molecule has 0 radical (unpaired) electrons. The average molecular weight is 512 g/mol. The van der Waals surface area contributed by atoms with Gasteiger partial charge in [-0.3, -0.25) is 9.59 Å². The summed E-state index contributed by atoms with van der Waals surface area (Å²) in [5.41, 5.74) is 4.04. The van der Waals surface area contributed by atoms with Gasteiger partial charge in [-0.1, -0.05) is 48.5 Å². The number of hydrogen-bond acceptors (Lipinski definition) is 8. The second-order valence-corrected chi connectivity index (χ2v) is 9.93. The first-order chi connectivity index (χ1) is 17.4. The molecular formula is C27H33N3O5S. The van der Waals surface area contributed by atoms with Crippen LogP contribution in [0.15, 0.2) is 51.6 Å². The summed E-state index contributed by atoms with van der Waals surface area (Å²) in [6, 6.07) is 7.62. The first-order valence-corrected chi connectivity index (χ1v) is 13.3. The fraction of sp³-hybridized carbons (Fsp3) is 0.481. The number of carbonyl (C=O) groups is 3. The van der Waals surface area contributed by atoms with Gasteiger partial charge in [0, 0.05) is 18.8 Å². The Morgan fingerprint density at radius 1 is 1.17 bits per heavy atom. The van der Waals surface area contributed by atoms with Gasteiger partial charge in [0.05, 0.1) is 43.4 Å². The number of benzene rings is 1. The third-order valence-corrected chi connectivity index (χ3v) is 7.68. The number of ether oxygens (including phenoxy) is 2. The summed E-state index contributed by atoms with van der Waals surface area (Å²) >= 11 is 1.47. The summed E-state index contributed by atoms with van der Waals surface area (Å²) < 4.78 is 10.3. The smallest absolute Gasteiger partial charge is 0.338 e. The van der Waals surface area contributed by atoms with Crippen molar-refractivity contribution >= 4 is 34.8 Å². The molecular weight excluding hydrogens is 478 g/mol. The third-order valence-electron chi connectivity index (χ3n) is 6.79. The number of piperidine rings is 1. The van der Waals surface area contributed by atoms with Gasteiger partial charge in [-0.25, -0.2) is 9.79 Å². The summed E-state index contributed by atoms with van der Waals surface area (Å²) in [5.74, 6) is -0.742. The van der Waals surface area contributed by atoms with Crippen LogP contribution in [0.3, 0.4) is 0 Å². The number of aryl methyl sites for hydroxylation is 1. The van der Waals surface area contributed by atoms with Crippen LogP contribution in [-0.4, -0.2) is 59.6 Å². The second kappa shape index (κ2) is 11.3. The minimum absolute atomic E-state index is 0.00159. The van der Waals surface area contributed by atoms with Crippen molar-refractivity contribution in [2.24, 2.45) is 10.9 Å². The quantitative estimate of drug-likeness (QED) is 0.504. The molecule has 1 atom stereocenters. The lowest BCUT2D eigenvalue weighted by molar-refractivity contribution is -0.151. The predicted molar refractivity (Wildman–Crippen MR) is 139 cm³/mol. The van der Waals surface area contributed by atoms with Crippen LogP contribution in [0.1, 0.15) is 56.7 Å². The lowest BCUT2D eigenvalue weighted by Gasteiger charge is -2.37. The highest BCUT2D eigenvalue weighted by molar-refractivity contribution is 8.16. The molecule has 1 fully saturated rings. The summed E-state index contributed by atoms with van der Waals surface area (Å²) in [5, 5.41) is 2.72. The largest absolute Gasteiger partial charge is 0.466 e. The molecule has 0 N–H and O–H groups in total. The van der Waals surface area contributed by atoms with Crippen molar-refractivity contribution in [2.45, 2.75) is 52.5 Å². The number of carbonyl (C=O) groups excluding carboxylic acids is 3. The van der Waals surface area contributed by atoms with Crippen LogP contribution in [-0.2, 0) is 23.9 Å². The molecule has 1 saturated heterocycles. The molecule has 192 valence electrons.